The van der Waals surface area contributed by atoms with Gasteiger partial charge in [-0.2, -0.15) is 24.5 Å². The maximum absolute atomic E-state index is 14.2. The summed E-state index contributed by atoms with van der Waals surface area (Å²) < 4.78 is 53.7. The van der Waals surface area contributed by atoms with Crippen LogP contribution in [-0.4, -0.2) is 17.7 Å². The molecule has 41 heavy (non-hydrogen) atoms. The monoisotopic (exact) mass is 576 g/mol. The van der Waals surface area contributed by atoms with Gasteiger partial charge in [0.1, 0.15) is 5.82 Å². The van der Waals surface area contributed by atoms with E-state index in [1.54, 1.807) is 35.6 Å². The minimum absolute atomic E-state index is 0.0452. The molecule has 0 fully saturated rings. The zero-order chi connectivity index (χ0) is 29.1. The smallest absolute Gasteiger partial charge is 0.298 e. The summed E-state index contributed by atoms with van der Waals surface area (Å²) in [6.07, 6.45) is -5.78. The largest absolute Gasteiger partial charge is 0.389 e. The van der Waals surface area contributed by atoms with Crippen molar-refractivity contribution in [1.29, 1.82) is 0 Å². The Morgan fingerprint density at radius 2 is 1.51 bits per heavy atom. The van der Waals surface area contributed by atoms with Gasteiger partial charge in [-0.25, -0.2) is 4.39 Å². The predicted molar refractivity (Wildman–Crippen MR) is 156 cm³/mol. The molecule has 2 atom stereocenters. The number of carbonyl (C=O) groups excluding carboxylic acids is 2. The molecule has 0 aliphatic heterocycles. The first-order chi connectivity index (χ1) is 19.7. The Morgan fingerprint density at radius 1 is 0.805 bits per heavy atom. The molecule has 0 spiro atoms. The second kappa shape index (κ2) is 12.0. The number of fused-ring (bicyclic) bond motifs is 5. The number of ketones is 2. The standard InChI is InChI=1S/C30H24F4O2.C4H4S/c1-17-16-19-7-2-4-8-20(19)21-12-13-22-23(14-15-30(32,33)34)28(35)24(29(36)27(22)26(17)21)11-10-18-6-3-5-9-25(18)31;1-2-4-5-3-1/h2-9,12-13,16,23-24H,10-11,14-15H2,1H3;1-4H. The fraction of sp³-hybridized carbons (Fsp3) is 0.235. The van der Waals surface area contributed by atoms with Crippen molar-refractivity contribution in [2.75, 3.05) is 0 Å². The highest BCUT2D eigenvalue weighted by atomic mass is 32.1. The number of rotatable bonds is 5. The van der Waals surface area contributed by atoms with Crippen molar-refractivity contribution in [3.63, 3.8) is 0 Å². The molecule has 0 saturated carbocycles. The molecular weight excluding hydrogens is 548 g/mol. The topological polar surface area (TPSA) is 34.1 Å². The molecule has 1 aliphatic rings. The van der Waals surface area contributed by atoms with E-state index >= 15 is 0 Å². The van der Waals surface area contributed by atoms with E-state index in [4.69, 9.17) is 0 Å². The molecule has 2 nitrogen and oxygen atoms in total. The second-order valence-electron chi connectivity index (χ2n) is 10.3. The first-order valence-electron chi connectivity index (χ1n) is 13.5. The molecule has 0 radical (unpaired) electrons. The molecular formula is C34H28F4O2S. The summed E-state index contributed by atoms with van der Waals surface area (Å²) in [4.78, 5) is 27.3. The van der Waals surface area contributed by atoms with Gasteiger partial charge in [0.25, 0.3) is 0 Å². The maximum atomic E-state index is 14.2. The van der Waals surface area contributed by atoms with Crippen LogP contribution in [-0.2, 0) is 11.2 Å². The van der Waals surface area contributed by atoms with E-state index in [0.717, 1.165) is 21.7 Å². The third kappa shape index (κ3) is 6.10. The first-order valence-corrected chi connectivity index (χ1v) is 14.4. The predicted octanol–water partition coefficient (Wildman–Crippen LogP) is 9.63. The molecule has 0 amide bonds. The second-order valence-corrected chi connectivity index (χ2v) is 11.1. The van der Waals surface area contributed by atoms with Gasteiger partial charge in [-0.15, -0.1) is 0 Å². The van der Waals surface area contributed by atoms with Gasteiger partial charge in [0.2, 0.25) is 0 Å². The van der Waals surface area contributed by atoms with Crippen molar-refractivity contribution in [3.8, 4) is 0 Å². The summed E-state index contributed by atoms with van der Waals surface area (Å²) in [7, 11) is 0. The number of alkyl halides is 3. The van der Waals surface area contributed by atoms with E-state index in [1.807, 2.05) is 66.2 Å². The van der Waals surface area contributed by atoms with Crippen LogP contribution >= 0.6 is 11.3 Å². The number of benzene rings is 4. The molecule has 2 unspecified atom stereocenters. The Labute approximate surface area is 239 Å². The van der Waals surface area contributed by atoms with Crippen LogP contribution in [0.1, 0.15) is 52.2 Å². The number of thiophene rings is 1. The molecule has 4 aromatic carbocycles. The summed E-state index contributed by atoms with van der Waals surface area (Å²) >= 11 is 1.71. The van der Waals surface area contributed by atoms with Crippen LogP contribution in [0.4, 0.5) is 17.6 Å². The number of carbonyl (C=O) groups is 2. The quantitative estimate of drug-likeness (QED) is 0.119. The van der Waals surface area contributed by atoms with Crippen LogP contribution in [0.15, 0.2) is 89.6 Å². The Hall–Kier alpha value is -3.84. The van der Waals surface area contributed by atoms with Crippen LogP contribution in [0.2, 0.25) is 0 Å². The van der Waals surface area contributed by atoms with Crippen molar-refractivity contribution in [2.24, 2.45) is 5.92 Å². The highest BCUT2D eigenvalue weighted by molar-refractivity contribution is 7.07. The Bertz CT molecular complexity index is 1690. The van der Waals surface area contributed by atoms with Crippen molar-refractivity contribution in [1.82, 2.24) is 0 Å². The third-order valence-corrected chi connectivity index (χ3v) is 8.31. The van der Waals surface area contributed by atoms with Crippen molar-refractivity contribution in [2.45, 2.75) is 44.7 Å². The molecule has 210 valence electrons. The van der Waals surface area contributed by atoms with Gasteiger partial charge in [-0.1, -0.05) is 72.8 Å². The molecule has 0 bridgehead atoms. The third-order valence-electron chi connectivity index (χ3n) is 7.68. The van der Waals surface area contributed by atoms with Gasteiger partial charge in [-0.05, 0) is 81.2 Å². The van der Waals surface area contributed by atoms with E-state index in [2.05, 4.69) is 0 Å². The van der Waals surface area contributed by atoms with Crippen molar-refractivity contribution < 1.29 is 27.2 Å². The summed E-state index contributed by atoms with van der Waals surface area (Å²) in [6.45, 7) is 1.87. The highest BCUT2D eigenvalue weighted by Gasteiger charge is 2.43. The minimum atomic E-state index is -4.42. The van der Waals surface area contributed by atoms with Crippen LogP contribution in [0.5, 0.6) is 0 Å². The van der Waals surface area contributed by atoms with E-state index in [1.165, 1.54) is 6.07 Å². The lowest BCUT2D eigenvalue weighted by atomic mass is 9.70. The maximum Gasteiger partial charge on any atom is 0.389 e. The number of aryl methyl sites for hydroxylation is 2. The highest BCUT2D eigenvalue weighted by Crippen LogP contribution is 2.43. The summed E-state index contributed by atoms with van der Waals surface area (Å²) in [6, 6.07) is 23.3. The van der Waals surface area contributed by atoms with Gasteiger partial charge in [0.05, 0.1) is 5.92 Å². The van der Waals surface area contributed by atoms with Gasteiger partial charge in [0.15, 0.2) is 11.6 Å². The van der Waals surface area contributed by atoms with Crippen LogP contribution in [0.3, 0.4) is 0 Å². The average molecular weight is 577 g/mol. The summed E-state index contributed by atoms with van der Waals surface area (Å²) in [5.41, 5.74) is 1.89. The molecule has 1 heterocycles. The number of hydrogen-bond donors (Lipinski definition) is 0. The summed E-state index contributed by atoms with van der Waals surface area (Å²) in [5.74, 6) is -3.49. The number of Topliss-reactive ketones (excluding diaryl/α,β-unsaturated/α-hetero) is 2. The molecule has 0 saturated heterocycles. The van der Waals surface area contributed by atoms with E-state index in [0.29, 0.717) is 22.1 Å². The molecule has 0 N–H and O–H groups in total. The van der Waals surface area contributed by atoms with Gasteiger partial charge in [0, 0.05) is 17.9 Å². The molecule has 1 aromatic heterocycles. The first kappa shape index (κ1) is 28.7. The zero-order valence-corrected chi connectivity index (χ0v) is 23.2. The normalized spacial score (nSPS) is 16.9. The van der Waals surface area contributed by atoms with Crippen LogP contribution < -0.4 is 0 Å². The Balaban J connectivity index is 0.000000610. The molecule has 5 aromatic rings. The fourth-order valence-corrected chi connectivity index (χ4v) is 6.24. The lowest BCUT2D eigenvalue weighted by Gasteiger charge is -2.31. The van der Waals surface area contributed by atoms with E-state index < -0.39 is 48.2 Å². The minimum Gasteiger partial charge on any atom is -0.298 e. The van der Waals surface area contributed by atoms with Gasteiger partial charge >= 0.3 is 6.18 Å². The Kier molecular flexibility index (Phi) is 8.36. The SMILES string of the molecule is Cc1cc2ccccc2c2ccc3c(c12)C(=O)C(CCc1ccccc1F)C(=O)C3CCC(F)(F)F.c1ccsc1. The van der Waals surface area contributed by atoms with E-state index in [-0.39, 0.29) is 12.8 Å². The van der Waals surface area contributed by atoms with Crippen molar-refractivity contribution >= 4 is 44.4 Å². The molecule has 1 aliphatic carbocycles. The molecule has 6 rings (SSSR count). The number of hydrogen-bond acceptors (Lipinski definition) is 3. The van der Waals surface area contributed by atoms with Crippen LogP contribution in [0.25, 0.3) is 21.5 Å². The number of halogens is 4. The zero-order valence-electron chi connectivity index (χ0n) is 22.4. The average Bonchev–Trinajstić information content (AvgIpc) is 3.53. The van der Waals surface area contributed by atoms with E-state index in [9.17, 15) is 27.2 Å². The fourth-order valence-electron chi connectivity index (χ4n) is 5.79. The van der Waals surface area contributed by atoms with Crippen molar-refractivity contribution in [3.05, 3.63) is 118 Å². The van der Waals surface area contributed by atoms with Crippen LogP contribution in [0, 0.1) is 18.7 Å². The Morgan fingerprint density at radius 3 is 2.20 bits per heavy atom. The lowest BCUT2D eigenvalue weighted by Crippen LogP contribution is -2.36. The summed E-state index contributed by atoms with van der Waals surface area (Å²) in [5, 5.41) is 7.51. The lowest BCUT2D eigenvalue weighted by molar-refractivity contribution is -0.139. The van der Waals surface area contributed by atoms with Gasteiger partial charge < -0.3 is 0 Å². The van der Waals surface area contributed by atoms with Gasteiger partial charge in [-0.3, -0.25) is 9.59 Å². The molecule has 7 heteroatoms.